The fourth-order valence-electron chi connectivity index (χ4n) is 10.0. The first-order chi connectivity index (χ1) is 17.8. The third kappa shape index (κ3) is 4.39. The van der Waals surface area contributed by atoms with Crippen molar-refractivity contribution in [3.05, 3.63) is 23.3 Å². The summed E-state index contributed by atoms with van der Waals surface area (Å²) in [7, 11) is 0. The molecule has 2 fully saturated rings. The number of hydrogen-bond acceptors (Lipinski definition) is 5. The Morgan fingerprint density at radius 3 is 2.39 bits per heavy atom. The molecule has 0 amide bonds. The second-order valence-electron chi connectivity index (χ2n) is 14.6. The van der Waals surface area contributed by atoms with Gasteiger partial charge >= 0.3 is 0 Å². The van der Waals surface area contributed by atoms with E-state index in [1.165, 1.54) is 5.57 Å². The predicted molar refractivity (Wildman–Crippen MR) is 150 cm³/mol. The zero-order chi connectivity index (χ0) is 28.1. The Hall–Kier alpha value is -1.62. The first kappa shape index (κ1) is 29.4. The molecule has 3 unspecified atom stereocenters. The summed E-state index contributed by atoms with van der Waals surface area (Å²) >= 11 is 0. The van der Waals surface area contributed by atoms with Gasteiger partial charge in [0, 0.05) is 5.92 Å². The zero-order valence-corrected chi connectivity index (χ0v) is 25.0. The summed E-state index contributed by atoms with van der Waals surface area (Å²) in [5.41, 5.74) is 4.38. The summed E-state index contributed by atoms with van der Waals surface area (Å²) in [4.78, 5) is 22.5. The molecule has 0 heterocycles. The van der Waals surface area contributed by atoms with Gasteiger partial charge in [-0.15, -0.1) is 0 Å². The van der Waals surface area contributed by atoms with Crippen LogP contribution in [0.4, 0.5) is 0 Å². The van der Waals surface area contributed by atoms with Crippen LogP contribution in [0.3, 0.4) is 0 Å². The lowest BCUT2D eigenvalue weighted by molar-refractivity contribution is -0.143. The van der Waals surface area contributed by atoms with Gasteiger partial charge in [-0.05, 0) is 97.2 Å². The maximum absolute atomic E-state index is 11.6. The Labute approximate surface area is 230 Å². The SMILES string of the molecule is C=C(CCC(OC=O)[C@H]1[C@H](O)C[C@@]2(C)C3=C(CC[C@]12C)[C@@]1(C)CCC(COC=O)C(C)(C)C1CC3)C(C)C. The number of allylic oxidation sites excluding steroid dienone is 3. The molecule has 0 aromatic carbocycles. The van der Waals surface area contributed by atoms with E-state index < -0.39 is 6.10 Å². The normalized spacial score (nSPS) is 40.6. The molecule has 214 valence electrons. The van der Waals surface area contributed by atoms with Crippen molar-refractivity contribution < 1.29 is 24.2 Å². The average molecular weight is 529 g/mol. The second kappa shape index (κ2) is 10.4. The molecule has 0 saturated heterocycles. The van der Waals surface area contributed by atoms with Crippen LogP contribution in [0.1, 0.15) is 106 Å². The first-order valence-electron chi connectivity index (χ1n) is 15.0. The van der Waals surface area contributed by atoms with Crippen LogP contribution in [0.25, 0.3) is 0 Å². The number of rotatable bonds is 10. The highest BCUT2D eigenvalue weighted by molar-refractivity contribution is 5.41. The number of ether oxygens (including phenoxy) is 2. The van der Waals surface area contributed by atoms with Gasteiger partial charge < -0.3 is 14.6 Å². The van der Waals surface area contributed by atoms with Crippen LogP contribution < -0.4 is 0 Å². The summed E-state index contributed by atoms with van der Waals surface area (Å²) in [6, 6.07) is 0. The fraction of sp³-hybridized carbons (Fsp3) is 0.818. The molecule has 0 aliphatic heterocycles. The van der Waals surface area contributed by atoms with E-state index in [1.54, 1.807) is 11.1 Å². The molecule has 0 spiro atoms. The summed E-state index contributed by atoms with van der Waals surface area (Å²) < 4.78 is 11.0. The quantitative estimate of drug-likeness (QED) is 0.243. The van der Waals surface area contributed by atoms with Gasteiger partial charge in [-0.25, -0.2) is 0 Å². The van der Waals surface area contributed by atoms with E-state index in [-0.39, 0.29) is 33.7 Å². The topological polar surface area (TPSA) is 72.8 Å². The van der Waals surface area contributed by atoms with Crippen LogP contribution in [0, 0.1) is 45.3 Å². The molecule has 4 aliphatic rings. The molecule has 0 aromatic rings. The number of aliphatic hydroxyl groups is 1. The Morgan fingerprint density at radius 1 is 1.05 bits per heavy atom. The van der Waals surface area contributed by atoms with E-state index in [0.717, 1.165) is 51.4 Å². The van der Waals surface area contributed by atoms with Crippen molar-refractivity contribution in [3.8, 4) is 0 Å². The number of hydrogen-bond donors (Lipinski definition) is 1. The minimum absolute atomic E-state index is 0.0788. The van der Waals surface area contributed by atoms with Crippen LogP contribution in [0.5, 0.6) is 0 Å². The van der Waals surface area contributed by atoms with E-state index in [9.17, 15) is 14.7 Å². The van der Waals surface area contributed by atoms with E-state index in [4.69, 9.17) is 9.47 Å². The van der Waals surface area contributed by atoms with Gasteiger partial charge in [0.05, 0.1) is 12.7 Å². The van der Waals surface area contributed by atoms with Crippen molar-refractivity contribution in [1.82, 2.24) is 0 Å². The zero-order valence-electron chi connectivity index (χ0n) is 25.0. The fourth-order valence-corrected chi connectivity index (χ4v) is 10.0. The summed E-state index contributed by atoms with van der Waals surface area (Å²) in [5.74, 6) is 1.25. The smallest absolute Gasteiger partial charge is 0.293 e. The second-order valence-corrected chi connectivity index (χ2v) is 14.6. The molecule has 0 radical (unpaired) electrons. The third-order valence-electron chi connectivity index (χ3n) is 12.6. The van der Waals surface area contributed by atoms with Crippen molar-refractivity contribution in [2.24, 2.45) is 45.3 Å². The molecule has 0 bridgehead atoms. The Balaban J connectivity index is 1.67. The summed E-state index contributed by atoms with van der Waals surface area (Å²) in [5, 5.41) is 11.6. The molecule has 4 aliphatic carbocycles. The van der Waals surface area contributed by atoms with Crippen LogP contribution in [-0.2, 0) is 19.1 Å². The minimum Gasteiger partial charge on any atom is -0.468 e. The Morgan fingerprint density at radius 2 is 1.76 bits per heavy atom. The highest BCUT2D eigenvalue weighted by Gasteiger charge is 2.66. The van der Waals surface area contributed by atoms with Gasteiger partial charge in [0.2, 0.25) is 0 Å². The molecule has 4 rings (SSSR count). The van der Waals surface area contributed by atoms with E-state index in [1.807, 2.05) is 0 Å². The van der Waals surface area contributed by atoms with E-state index in [0.29, 0.717) is 43.7 Å². The van der Waals surface area contributed by atoms with Crippen LogP contribution in [0.2, 0.25) is 0 Å². The van der Waals surface area contributed by atoms with Gasteiger partial charge in [-0.2, -0.15) is 0 Å². The number of fused-ring (bicyclic) bond motifs is 4. The molecular formula is C33H52O5. The van der Waals surface area contributed by atoms with Gasteiger partial charge in [-0.1, -0.05) is 71.8 Å². The lowest BCUT2D eigenvalue weighted by Gasteiger charge is -2.62. The highest BCUT2D eigenvalue weighted by atomic mass is 16.5. The largest absolute Gasteiger partial charge is 0.468 e. The maximum atomic E-state index is 11.6. The van der Waals surface area contributed by atoms with Gasteiger partial charge in [-0.3, -0.25) is 9.59 Å². The molecule has 38 heavy (non-hydrogen) atoms. The van der Waals surface area contributed by atoms with Gasteiger partial charge in [0.25, 0.3) is 12.9 Å². The predicted octanol–water partition coefficient (Wildman–Crippen LogP) is 7.03. The molecule has 5 heteroatoms. The van der Waals surface area contributed by atoms with Crippen LogP contribution in [0.15, 0.2) is 23.3 Å². The molecule has 2 saturated carbocycles. The third-order valence-corrected chi connectivity index (χ3v) is 12.6. The number of carbonyl (C=O) groups is 2. The van der Waals surface area contributed by atoms with Crippen molar-refractivity contribution in [2.75, 3.05) is 6.61 Å². The average Bonchev–Trinajstić information content (AvgIpc) is 3.05. The van der Waals surface area contributed by atoms with E-state index >= 15 is 0 Å². The molecule has 8 atom stereocenters. The Kier molecular flexibility index (Phi) is 8.04. The highest BCUT2D eigenvalue weighted by Crippen LogP contribution is 2.72. The maximum Gasteiger partial charge on any atom is 0.293 e. The lowest BCUT2D eigenvalue weighted by atomic mass is 9.42. The number of carbonyl (C=O) groups excluding carboxylic acids is 2. The molecule has 5 nitrogen and oxygen atoms in total. The van der Waals surface area contributed by atoms with Crippen LogP contribution in [-0.4, -0.2) is 36.9 Å². The van der Waals surface area contributed by atoms with Gasteiger partial charge in [0.15, 0.2) is 0 Å². The monoisotopic (exact) mass is 528 g/mol. The summed E-state index contributed by atoms with van der Waals surface area (Å²) in [6.45, 7) is 22.3. The lowest BCUT2D eigenvalue weighted by Crippen LogP contribution is -2.54. The van der Waals surface area contributed by atoms with Crippen LogP contribution >= 0.6 is 0 Å². The molecule has 1 N–H and O–H groups in total. The van der Waals surface area contributed by atoms with Crippen molar-refractivity contribution >= 4 is 12.9 Å². The minimum atomic E-state index is -0.493. The van der Waals surface area contributed by atoms with Crippen molar-refractivity contribution in [1.29, 1.82) is 0 Å². The Bertz CT molecular complexity index is 964. The van der Waals surface area contributed by atoms with Crippen molar-refractivity contribution in [3.63, 3.8) is 0 Å². The molecule has 0 aromatic heterocycles. The first-order valence-corrected chi connectivity index (χ1v) is 15.0. The van der Waals surface area contributed by atoms with Gasteiger partial charge in [0.1, 0.15) is 6.10 Å². The standard InChI is InChI=1S/C33H52O5/c1-21(2)22(3)9-11-27(38-20-35)29-26(36)17-33(8)25-10-12-28-30(4,5)23(18-37-19-34)13-15-31(28,6)24(25)14-16-32(29,33)7/h19-21,23,26-29,36H,3,9-18H2,1-2,4-8H3/t23?,26-,27?,28?,29-,31-,32-,33+/m1/s1. The summed E-state index contributed by atoms with van der Waals surface area (Å²) in [6.07, 6.45) is 7.92. The molecular weight excluding hydrogens is 476 g/mol. The number of aliphatic hydroxyl groups excluding tert-OH is 1. The van der Waals surface area contributed by atoms with E-state index in [2.05, 4.69) is 55.0 Å². The van der Waals surface area contributed by atoms with Crippen molar-refractivity contribution in [2.45, 2.75) is 118 Å².